The third kappa shape index (κ3) is 6.79. The predicted octanol–water partition coefficient (Wildman–Crippen LogP) is 5.24. The molecule has 0 saturated heterocycles. The highest BCUT2D eigenvalue weighted by Gasteiger charge is 2.07. The number of anilines is 2. The molecule has 2 aromatic rings. The van der Waals surface area contributed by atoms with Gasteiger partial charge >= 0.3 is 0 Å². The van der Waals surface area contributed by atoms with Crippen LogP contribution in [0.15, 0.2) is 54.6 Å². The summed E-state index contributed by atoms with van der Waals surface area (Å²) < 4.78 is 0. The van der Waals surface area contributed by atoms with E-state index in [-0.39, 0.29) is 11.8 Å². The number of amides is 2. The van der Waals surface area contributed by atoms with Gasteiger partial charge in [0, 0.05) is 23.4 Å². The molecule has 25 heavy (non-hydrogen) atoms. The van der Waals surface area contributed by atoms with Crippen LogP contribution in [0.1, 0.15) is 55.8 Å². The van der Waals surface area contributed by atoms with Crippen molar-refractivity contribution in [3.8, 4) is 0 Å². The maximum atomic E-state index is 12.2. The molecule has 0 radical (unpaired) electrons. The highest BCUT2D eigenvalue weighted by atomic mass is 16.2. The van der Waals surface area contributed by atoms with Crippen LogP contribution in [0.25, 0.3) is 0 Å². The summed E-state index contributed by atoms with van der Waals surface area (Å²) in [6, 6.07) is 16.3. The molecule has 0 bridgehead atoms. The minimum atomic E-state index is -0.167. The Labute approximate surface area is 149 Å². The fraction of sp³-hybridized carbons (Fsp3) is 0.333. The summed E-state index contributed by atoms with van der Waals surface area (Å²) in [5.41, 5.74) is 1.96. The third-order valence-electron chi connectivity index (χ3n) is 3.95. The van der Waals surface area contributed by atoms with Crippen molar-refractivity contribution in [2.24, 2.45) is 0 Å². The van der Waals surface area contributed by atoms with Gasteiger partial charge in [0.2, 0.25) is 5.91 Å². The Balaban J connectivity index is 1.84. The van der Waals surface area contributed by atoms with Crippen molar-refractivity contribution in [2.75, 3.05) is 10.6 Å². The van der Waals surface area contributed by atoms with Crippen molar-refractivity contribution in [1.29, 1.82) is 0 Å². The fourth-order valence-corrected chi connectivity index (χ4v) is 2.58. The molecule has 2 N–H and O–H groups in total. The molecule has 0 fully saturated rings. The Morgan fingerprint density at radius 3 is 2.20 bits per heavy atom. The minimum Gasteiger partial charge on any atom is -0.326 e. The summed E-state index contributed by atoms with van der Waals surface area (Å²) in [7, 11) is 0. The second-order valence-corrected chi connectivity index (χ2v) is 6.11. The Bertz CT molecular complexity index is 683. The van der Waals surface area contributed by atoms with Crippen LogP contribution >= 0.6 is 0 Å². The largest absolute Gasteiger partial charge is 0.326 e. The zero-order chi connectivity index (χ0) is 17.9. The van der Waals surface area contributed by atoms with Gasteiger partial charge in [-0.15, -0.1) is 0 Å². The van der Waals surface area contributed by atoms with Gasteiger partial charge in [0.1, 0.15) is 0 Å². The number of nitrogens with one attached hydrogen (secondary N) is 2. The van der Waals surface area contributed by atoms with Crippen LogP contribution in [0, 0.1) is 0 Å². The van der Waals surface area contributed by atoms with Crippen molar-refractivity contribution in [2.45, 2.75) is 45.4 Å². The van der Waals surface area contributed by atoms with Gasteiger partial charge in [0.05, 0.1) is 0 Å². The van der Waals surface area contributed by atoms with Gasteiger partial charge < -0.3 is 10.6 Å². The van der Waals surface area contributed by atoms with Gasteiger partial charge in [-0.2, -0.15) is 0 Å². The van der Waals surface area contributed by atoms with Crippen LogP contribution in [-0.2, 0) is 4.79 Å². The molecule has 0 atom stereocenters. The van der Waals surface area contributed by atoms with E-state index in [2.05, 4.69) is 17.6 Å². The fourth-order valence-electron chi connectivity index (χ4n) is 2.58. The van der Waals surface area contributed by atoms with Gasteiger partial charge in [-0.1, -0.05) is 56.9 Å². The van der Waals surface area contributed by atoms with Crippen molar-refractivity contribution in [1.82, 2.24) is 0 Å². The molecule has 4 nitrogen and oxygen atoms in total. The maximum absolute atomic E-state index is 12.2. The van der Waals surface area contributed by atoms with E-state index in [4.69, 9.17) is 0 Å². The van der Waals surface area contributed by atoms with Crippen molar-refractivity contribution >= 4 is 23.2 Å². The smallest absolute Gasteiger partial charge is 0.255 e. The molecule has 0 aliphatic heterocycles. The number of hydrogen-bond donors (Lipinski definition) is 2. The number of carbonyl (C=O) groups is 2. The quantitative estimate of drug-likeness (QED) is 0.614. The second-order valence-electron chi connectivity index (χ2n) is 6.11. The summed E-state index contributed by atoms with van der Waals surface area (Å²) in [6.45, 7) is 2.18. The molecule has 2 amide bonds. The predicted molar refractivity (Wildman–Crippen MR) is 103 cm³/mol. The van der Waals surface area contributed by atoms with Gasteiger partial charge in [-0.05, 0) is 36.8 Å². The first-order chi connectivity index (χ1) is 12.2. The molecule has 0 unspecified atom stereocenters. The minimum absolute atomic E-state index is 0.0167. The molecule has 0 saturated carbocycles. The summed E-state index contributed by atoms with van der Waals surface area (Å²) in [6.07, 6.45) is 6.15. The molecule has 0 heterocycles. The van der Waals surface area contributed by atoms with E-state index in [0.717, 1.165) is 12.8 Å². The first kappa shape index (κ1) is 18.7. The first-order valence-corrected chi connectivity index (χ1v) is 8.95. The van der Waals surface area contributed by atoms with E-state index in [0.29, 0.717) is 23.4 Å². The molecule has 0 aromatic heterocycles. The van der Waals surface area contributed by atoms with E-state index in [9.17, 15) is 9.59 Å². The summed E-state index contributed by atoms with van der Waals surface area (Å²) in [5, 5.41) is 5.74. The van der Waals surface area contributed by atoms with Crippen molar-refractivity contribution < 1.29 is 9.59 Å². The average Bonchev–Trinajstić information content (AvgIpc) is 2.62. The highest BCUT2D eigenvalue weighted by molar-refractivity contribution is 6.04. The molecule has 2 aromatic carbocycles. The molecular formula is C21H26N2O2. The monoisotopic (exact) mass is 338 g/mol. The maximum Gasteiger partial charge on any atom is 0.255 e. The van der Waals surface area contributed by atoms with E-state index < -0.39 is 0 Å². The number of rotatable bonds is 9. The number of carbonyl (C=O) groups excluding carboxylic acids is 2. The van der Waals surface area contributed by atoms with Gasteiger partial charge in [-0.3, -0.25) is 9.59 Å². The lowest BCUT2D eigenvalue weighted by molar-refractivity contribution is -0.116. The second kappa shape index (κ2) is 10.3. The van der Waals surface area contributed by atoms with Crippen LogP contribution in [0.2, 0.25) is 0 Å². The summed E-state index contributed by atoms with van der Waals surface area (Å²) in [4.78, 5) is 24.2. The SMILES string of the molecule is CCCCCCCC(=O)Nc1cccc(NC(=O)c2ccccc2)c1. The zero-order valence-electron chi connectivity index (χ0n) is 14.8. The van der Waals surface area contributed by atoms with Crippen LogP contribution in [0.4, 0.5) is 11.4 Å². The molecule has 0 aliphatic carbocycles. The van der Waals surface area contributed by atoms with Crippen LogP contribution in [0.5, 0.6) is 0 Å². The van der Waals surface area contributed by atoms with E-state index in [1.807, 2.05) is 30.3 Å². The Morgan fingerprint density at radius 1 is 0.800 bits per heavy atom. The van der Waals surface area contributed by atoms with Gasteiger partial charge in [-0.25, -0.2) is 0 Å². The molecule has 2 rings (SSSR count). The van der Waals surface area contributed by atoms with E-state index in [1.165, 1.54) is 19.3 Å². The lowest BCUT2D eigenvalue weighted by Gasteiger charge is -2.09. The lowest BCUT2D eigenvalue weighted by atomic mass is 10.1. The van der Waals surface area contributed by atoms with Crippen molar-refractivity contribution in [3.63, 3.8) is 0 Å². The van der Waals surface area contributed by atoms with Gasteiger partial charge in [0.15, 0.2) is 0 Å². The number of benzene rings is 2. The van der Waals surface area contributed by atoms with E-state index >= 15 is 0 Å². The molecular weight excluding hydrogens is 312 g/mol. The number of hydrogen-bond acceptors (Lipinski definition) is 2. The molecule has 4 heteroatoms. The zero-order valence-corrected chi connectivity index (χ0v) is 14.8. The molecule has 0 aliphatic rings. The average molecular weight is 338 g/mol. The topological polar surface area (TPSA) is 58.2 Å². The summed E-state index contributed by atoms with van der Waals surface area (Å²) in [5.74, 6) is -0.150. The van der Waals surface area contributed by atoms with E-state index in [1.54, 1.807) is 24.3 Å². The standard InChI is InChI=1S/C21H26N2O2/c1-2-3-4-5-9-15-20(24)22-18-13-10-14-19(16-18)23-21(25)17-11-7-6-8-12-17/h6-8,10-14,16H,2-5,9,15H2,1H3,(H,22,24)(H,23,25). The van der Waals surface area contributed by atoms with Crippen LogP contribution in [0.3, 0.4) is 0 Å². The summed E-state index contributed by atoms with van der Waals surface area (Å²) >= 11 is 0. The Hall–Kier alpha value is -2.62. The first-order valence-electron chi connectivity index (χ1n) is 8.95. The molecule has 132 valence electrons. The third-order valence-corrected chi connectivity index (χ3v) is 3.95. The molecule has 0 spiro atoms. The number of unbranched alkanes of at least 4 members (excludes halogenated alkanes) is 4. The lowest BCUT2D eigenvalue weighted by Crippen LogP contribution is -2.13. The van der Waals surface area contributed by atoms with Crippen molar-refractivity contribution in [3.05, 3.63) is 60.2 Å². The van der Waals surface area contributed by atoms with Crippen LogP contribution in [-0.4, -0.2) is 11.8 Å². The Morgan fingerprint density at radius 2 is 1.48 bits per heavy atom. The van der Waals surface area contributed by atoms with Gasteiger partial charge in [0.25, 0.3) is 5.91 Å². The van der Waals surface area contributed by atoms with Crippen LogP contribution < -0.4 is 10.6 Å². The highest BCUT2D eigenvalue weighted by Crippen LogP contribution is 2.17. The Kier molecular flexibility index (Phi) is 7.70. The normalized spacial score (nSPS) is 10.3.